The van der Waals surface area contributed by atoms with Crippen molar-refractivity contribution >= 4 is 25.5 Å². The van der Waals surface area contributed by atoms with Crippen LogP contribution in [0, 0.1) is 0 Å². The van der Waals surface area contributed by atoms with E-state index in [9.17, 15) is 9.13 Å². The third-order valence-electron chi connectivity index (χ3n) is 0.417. The third kappa shape index (κ3) is 1.94. The highest BCUT2D eigenvalue weighted by atomic mass is 31.3. The predicted octanol–water partition coefficient (Wildman–Crippen LogP) is 1.34. The molecular weight excluding hydrogens is 173 g/mol. The lowest BCUT2D eigenvalue weighted by Gasteiger charge is -2.09. The zero-order valence-electron chi connectivity index (χ0n) is 3.54. The molecule has 5 nitrogen and oxygen atoms in total. The average molecular weight is 176 g/mol. The minimum atomic E-state index is -2.47. The van der Waals surface area contributed by atoms with Gasteiger partial charge in [-0.3, -0.25) is 17.8 Å². The van der Waals surface area contributed by atoms with Gasteiger partial charge in [-0.25, -0.2) is 4.31 Å². The van der Waals surface area contributed by atoms with Crippen molar-refractivity contribution in [2.24, 2.45) is 0 Å². The van der Waals surface area contributed by atoms with E-state index in [1.807, 2.05) is 0 Å². The Bertz CT molecular complexity index is 114. The summed E-state index contributed by atoms with van der Waals surface area (Å²) in [6.07, 6.45) is 0. The molecule has 0 spiro atoms. The highest BCUT2D eigenvalue weighted by Crippen LogP contribution is 2.54. The van der Waals surface area contributed by atoms with Crippen LogP contribution >= 0.6 is 25.5 Å². The topological polar surface area (TPSA) is 61.8 Å². The summed E-state index contributed by atoms with van der Waals surface area (Å²) in [5.41, 5.74) is 0. The van der Waals surface area contributed by atoms with E-state index in [-0.39, 0.29) is 0 Å². The van der Waals surface area contributed by atoms with Gasteiger partial charge >= 0.3 is 16.5 Å². The molecule has 0 amide bonds. The Labute approximate surface area is 48.6 Å². The zero-order chi connectivity index (χ0) is 5.98. The highest BCUT2D eigenvalue weighted by Gasteiger charge is 2.13. The van der Waals surface area contributed by atoms with Crippen LogP contribution in [0.25, 0.3) is 0 Å². The fourth-order valence-electron chi connectivity index (χ4n) is 0.199. The summed E-state index contributed by atoms with van der Waals surface area (Å²) in [6.45, 7) is 0. The molecule has 1 saturated heterocycles. The third-order valence-corrected chi connectivity index (χ3v) is 3.75. The molecule has 2 unspecified atom stereocenters. The Morgan fingerprint density at radius 1 is 1.12 bits per heavy atom. The summed E-state index contributed by atoms with van der Waals surface area (Å²) in [4.78, 5) is 0. The monoisotopic (exact) mass is 176 g/mol. The molecule has 1 rings (SSSR count). The first-order valence-corrected chi connectivity index (χ1v) is 4.90. The van der Waals surface area contributed by atoms with Gasteiger partial charge in [0.25, 0.3) is 0 Å². The van der Waals surface area contributed by atoms with E-state index in [0.29, 0.717) is 0 Å². The van der Waals surface area contributed by atoms with Crippen molar-refractivity contribution in [3.05, 3.63) is 0 Å². The summed E-state index contributed by atoms with van der Waals surface area (Å²) in [5, 5.41) is 0. The van der Waals surface area contributed by atoms with Crippen LogP contribution in [0.1, 0.15) is 0 Å². The molecule has 1 fully saturated rings. The molecule has 0 N–H and O–H groups in total. The quantitative estimate of drug-likeness (QED) is 0.521. The molecular formula is H3O5P3. The van der Waals surface area contributed by atoms with E-state index >= 15 is 0 Å². The van der Waals surface area contributed by atoms with E-state index in [4.69, 9.17) is 0 Å². The molecule has 0 aliphatic carbocycles. The molecule has 1 aliphatic rings. The first-order chi connectivity index (χ1) is 3.79. The summed E-state index contributed by atoms with van der Waals surface area (Å²) < 4.78 is 33.1. The Hall–Kier alpha value is 0.770. The molecule has 0 saturated carbocycles. The van der Waals surface area contributed by atoms with Crippen LogP contribution in [0.3, 0.4) is 0 Å². The maximum atomic E-state index is 10.2. The first-order valence-electron chi connectivity index (χ1n) is 1.63. The average Bonchev–Trinajstić information content (AvgIpc) is 1.64. The molecule has 0 radical (unpaired) electrons. The summed E-state index contributed by atoms with van der Waals surface area (Å²) >= 11 is 0. The Balaban J connectivity index is 2.45. The van der Waals surface area contributed by atoms with Gasteiger partial charge in [-0.2, -0.15) is 0 Å². The van der Waals surface area contributed by atoms with Gasteiger partial charge in [0.2, 0.25) is 0 Å². The lowest BCUT2D eigenvalue weighted by atomic mass is 15.7. The van der Waals surface area contributed by atoms with Gasteiger partial charge in [-0.05, 0) is 0 Å². The number of hydrogen-bond acceptors (Lipinski definition) is 5. The standard InChI is InChI=1S/H3O5P3/c1-7-3-6-4-8(2)5-7/h6-8H. The van der Waals surface area contributed by atoms with E-state index in [2.05, 4.69) is 12.9 Å². The smallest absolute Gasteiger partial charge is 0.263 e. The normalized spacial score (nSPS) is 42.5. The van der Waals surface area contributed by atoms with Crippen LogP contribution in [0.5, 0.6) is 0 Å². The Morgan fingerprint density at radius 3 is 1.88 bits per heavy atom. The summed E-state index contributed by atoms with van der Waals surface area (Å²) in [7, 11) is -5.34. The Kier molecular flexibility index (Phi) is 2.64. The molecule has 1 heterocycles. The molecule has 0 aromatic heterocycles. The fraction of sp³-hybridized carbons (Fsp3) is 0. The largest absolute Gasteiger partial charge is 0.331 e. The minimum absolute atomic E-state index is 0.397. The maximum absolute atomic E-state index is 10.2. The highest BCUT2D eigenvalue weighted by molar-refractivity contribution is 7.59. The minimum Gasteiger partial charge on any atom is -0.263 e. The Morgan fingerprint density at radius 2 is 1.62 bits per heavy atom. The summed E-state index contributed by atoms with van der Waals surface area (Å²) in [6, 6.07) is 0. The van der Waals surface area contributed by atoms with E-state index in [1.54, 1.807) is 0 Å². The SMILES string of the molecule is O=[PH]1OPO[PH](=O)O1. The van der Waals surface area contributed by atoms with Crippen molar-refractivity contribution in [1.82, 2.24) is 0 Å². The lowest BCUT2D eigenvalue weighted by molar-refractivity contribution is 0.356. The van der Waals surface area contributed by atoms with Crippen molar-refractivity contribution in [1.29, 1.82) is 0 Å². The molecule has 0 aromatic carbocycles. The molecule has 8 heteroatoms. The van der Waals surface area contributed by atoms with Gasteiger partial charge in [0.15, 0.2) is 9.03 Å². The molecule has 2 atom stereocenters. The second-order valence-electron chi connectivity index (χ2n) is 0.890. The molecule has 0 bridgehead atoms. The van der Waals surface area contributed by atoms with Crippen LogP contribution < -0.4 is 0 Å². The second kappa shape index (κ2) is 3.07. The van der Waals surface area contributed by atoms with Gasteiger partial charge in [-0.1, -0.05) is 0 Å². The van der Waals surface area contributed by atoms with Gasteiger partial charge in [-0.15, -0.1) is 0 Å². The van der Waals surface area contributed by atoms with Crippen molar-refractivity contribution in [2.45, 2.75) is 0 Å². The molecule has 0 aromatic rings. The number of rotatable bonds is 0. The van der Waals surface area contributed by atoms with Crippen LogP contribution in [0.4, 0.5) is 0 Å². The maximum Gasteiger partial charge on any atom is 0.331 e. The second-order valence-corrected chi connectivity index (χ2v) is 4.51. The van der Waals surface area contributed by atoms with Crippen LogP contribution in [0.2, 0.25) is 0 Å². The van der Waals surface area contributed by atoms with Crippen LogP contribution in [-0.2, 0) is 22.1 Å². The fourth-order valence-corrected chi connectivity index (χ4v) is 2.91. The van der Waals surface area contributed by atoms with Crippen LogP contribution in [0.15, 0.2) is 0 Å². The van der Waals surface area contributed by atoms with Crippen molar-refractivity contribution < 1.29 is 22.1 Å². The van der Waals surface area contributed by atoms with Crippen molar-refractivity contribution in [2.75, 3.05) is 0 Å². The number of hydrogen-bond donors (Lipinski definition) is 0. The van der Waals surface area contributed by atoms with Gasteiger partial charge in [0.1, 0.15) is 0 Å². The van der Waals surface area contributed by atoms with Gasteiger partial charge in [0.05, 0.1) is 0 Å². The van der Waals surface area contributed by atoms with E-state index in [1.165, 1.54) is 0 Å². The lowest BCUT2D eigenvalue weighted by Crippen LogP contribution is -1.74. The van der Waals surface area contributed by atoms with Crippen molar-refractivity contribution in [3.8, 4) is 0 Å². The van der Waals surface area contributed by atoms with Crippen LogP contribution in [-0.4, -0.2) is 0 Å². The van der Waals surface area contributed by atoms with Gasteiger partial charge < -0.3 is 0 Å². The zero-order valence-corrected chi connectivity index (χ0v) is 6.54. The summed E-state index contributed by atoms with van der Waals surface area (Å²) in [5.74, 6) is 0. The van der Waals surface area contributed by atoms with Gasteiger partial charge in [0, 0.05) is 0 Å². The molecule has 1 aliphatic heterocycles. The predicted molar refractivity (Wildman–Crippen MR) is 29.6 cm³/mol. The van der Waals surface area contributed by atoms with Crippen molar-refractivity contribution in [3.63, 3.8) is 0 Å². The molecule has 8 heavy (non-hydrogen) atoms. The van der Waals surface area contributed by atoms with E-state index in [0.717, 1.165) is 0 Å². The first kappa shape index (κ1) is 6.88. The molecule has 48 valence electrons. The van der Waals surface area contributed by atoms with E-state index < -0.39 is 25.5 Å².